The van der Waals surface area contributed by atoms with Gasteiger partial charge >= 0.3 is 5.92 Å². The number of nitriles is 1. The molecule has 0 aromatic heterocycles. The van der Waals surface area contributed by atoms with Gasteiger partial charge in [0.1, 0.15) is 17.7 Å². The number of nitrogens with zero attached hydrogens (tertiary/aromatic N) is 1. The third kappa shape index (κ3) is 2.35. The van der Waals surface area contributed by atoms with Crippen LogP contribution < -0.4 is 0 Å². The summed E-state index contributed by atoms with van der Waals surface area (Å²) in [5.74, 6) is -7.77. The van der Waals surface area contributed by atoms with Gasteiger partial charge in [-0.1, -0.05) is 6.07 Å². The van der Waals surface area contributed by atoms with Crippen LogP contribution >= 0.6 is 0 Å². The van der Waals surface area contributed by atoms with Crippen molar-refractivity contribution in [3.8, 4) is 6.07 Å². The normalized spacial score (nSPS) is 11.2. The molecule has 0 unspecified atom stereocenters. The second-order valence-corrected chi connectivity index (χ2v) is 4.01. The van der Waals surface area contributed by atoms with Gasteiger partial charge in [-0.15, -0.1) is 0 Å². The molecule has 0 fully saturated rings. The summed E-state index contributed by atoms with van der Waals surface area (Å²) in [6.07, 6.45) is 0. The third-order valence-electron chi connectivity index (χ3n) is 2.68. The smallest absolute Gasteiger partial charge is 0.207 e. The molecule has 0 radical (unpaired) electrons. The van der Waals surface area contributed by atoms with E-state index in [0.29, 0.717) is 18.2 Å². The summed E-state index contributed by atoms with van der Waals surface area (Å²) >= 11 is 0. The van der Waals surface area contributed by atoms with Crippen LogP contribution in [0.3, 0.4) is 0 Å². The van der Waals surface area contributed by atoms with Gasteiger partial charge in [0.05, 0.1) is 11.1 Å². The molecule has 6 heteroatoms. The van der Waals surface area contributed by atoms with Crippen molar-refractivity contribution < 1.29 is 22.0 Å². The molecule has 0 bridgehead atoms. The summed E-state index contributed by atoms with van der Waals surface area (Å²) < 4.78 is 68.1. The van der Waals surface area contributed by atoms with E-state index in [-0.39, 0.29) is 0 Å². The Morgan fingerprint density at radius 2 is 1.55 bits per heavy atom. The molecule has 20 heavy (non-hydrogen) atoms. The summed E-state index contributed by atoms with van der Waals surface area (Å²) in [4.78, 5) is 0. The highest BCUT2D eigenvalue weighted by Crippen LogP contribution is 2.38. The van der Waals surface area contributed by atoms with Crippen molar-refractivity contribution in [1.82, 2.24) is 0 Å². The molecular weight excluding hydrogens is 277 g/mol. The van der Waals surface area contributed by atoms with Crippen LogP contribution in [0.15, 0.2) is 36.4 Å². The lowest BCUT2D eigenvalue weighted by Crippen LogP contribution is -2.18. The van der Waals surface area contributed by atoms with Crippen molar-refractivity contribution >= 4 is 0 Å². The zero-order valence-electron chi connectivity index (χ0n) is 9.80. The number of halogens is 5. The van der Waals surface area contributed by atoms with Crippen molar-refractivity contribution in [1.29, 1.82) is 5.26 Å². The van der Waals surface area contributed by atoms with Crippen LogP contribution in [-0.4, -0.2) is 0 Å². The fourth-order valence-corrected chi connectivity index (χ4v) is 1.75. The first-order chi connectivity index (χ1) is 9.36. The standard InChI is InChI=1S/C14H6F5N/c15-10-4-9(5-11(16)6-10)14(18,19)12-3-1-2-8(7-20)13(12)17/h1-6H. The molecule has 0 aliphatic heterocycles. The van der Waals surface area contributed by atoms with Crippen molar-refractivity contribution in [2.45, 2.75) is 5.92 Å². The second kappa shape index (κ2) is 4.93. The minimum atomic E-state index is -3.96. The quantitative estimate of drug-likeness (QED) is 0.761. The number of benzene rings is 2. The molecule has 0 heterocycles. The van der Waals surface area contributed by atoms with E-state index in [2.05, 4.69) is 0 Å². The summed E-state index contributed by atoms with van der Waals surface area (Å²) in [7, 11) is 0. The maximum Gasteiger partial charge on any atom is 0.301 e. The molecule has 2 aromatic carbocycles. The average molecular weight is 283 g/mol. The molecular formula is C14H6F5N. The van der Waals surface area contributed by atoms with Gasteiger partial charge in [-0.2, -0.15) is 14.0 Å². The molecule has 2 rings (SSSR count). The molecule has 102 valence electrons. The molecule has 0 spiro atoms. The van der Waals surface area contributed by atoms with E-state index >= 15 is 0 Å². The summed E-state index contributed by atoms with van der Waals surface area (Å²) in [6, 6.07) is 5.56. The molecule has 0 aliphatic rings. The van der Waals surface area contributed by atoms with E-state index in [0.717, 1.165) is 18.2 Å². The highest BCUT2D eigenvalue weighted by molar-refractivity contribution is 5.41. The number of alkyl halides is 2. The molecule has 2 aromatic rings. The van der Waals surface area contributed by atoms with Crippen LogP contribution in [0.4, 0.5) is 22.0 Å². The summed E-state index contributed by atoms with van der Waals surface area (Å²) in [5.41, 5.74) is -2.70. The maximum absolute atomic E-state index is 14.1. The first kappa shape index (κ1) is 14.0. The molecule has 0 atom stereocenters. The van der Waals surface area contributed by atoms with Gasteiger partial charge in [-0.05, 0) is 24.3 Å². The van der Waals surface area contributed by atoms with E-state index in [1.807, 2.05) is 0 Å². The predicted molar refractivity (Wildman–Crippen MR) is 60.5 cm³/mol. The molecule has 0 saturated carbocycles. The van der Waals surface area contributed by atoms with Gasteiger partial charge in [0.25, 0.3) is 0 Å². The van der Waals surface area contributed by atoms with Gasteiger partial charge < -0.3 is 0 Å². The number of rotatable bonds is 2. The van der Waals surface area contributed by atoms with Gasteiger partial charge in [-0.3, -0.25) is 0 Å². The second-order valence-electron chi connectivity index (χ2n) is 4.01. The topological polar surface area (TPSA) is 23.8 Å². The van der Waals surface area contributed by atoms with E-state index in [4.69, 9.17) is 5.26 Å². The highest BCUT2D eigenvalue weighted by Gasteiger charge is 2.38. The number of hydrogen-bond acceptors (Lipinski definition) is 1. The van der Waals surface area contributed by atoms with Crippen LogP contribution in [-0.2, 0) is 5.92 Å². The minimum absolute atomic E-state index is 0.418. The number of hydrogen-bond donors (Lipinski definition) is 0. The largest absolute Gasteiger partial charge is 0.301 e. The van der Waals surface area contributed by atoms with Gasteiger partial charge in [-0.25, -0.2) is 13.2 Å². The lowest BCUT2D eigenvalue weighted by Gasteiger charge is -2.18. The minimum Gasteiger partial charge on any atom is -0.207 e. The van der Waals surface area contributed by atoms with E-state index in [1.165, 1.54) is 6.07 Å². The first-order valence-electron chi connectivity index (χ1n) is 5.39. The van der Waals surface area contributed by atoms with Crippen LogP contribution in [0.2, 0.25) is 0 Å². The Bertz CT molecular complexity index is 683. The fraction of sp³-hybridized carbons (Fsp3) is 0.0714. The Hall–Kier alpha value is -2.42. The molecule has 0 saturated heterocycles. The predicted octanol–water partition coefficient (Wildman–Crippen LogP) is 4.12. The lowest BCUT2D eigenvalue weighted by atomic mass is 9.98. The molecule has 0 N–H and O–H groups in total. The van der Waals surface area contributed by atoms with Gasteiger partial charge in [0.15, 0.2) is 5.82 Å². The van der Waals surface area contributed by atoms with E-state index < -0.39 is 40.1 Å². The van der Waals surface area contributed by atoms with Gasteiger partial charge in [0, 0.05) is 11.6 Å². The molecule has 0 amide bonds. The van der Waals surface area contributed by atoms with Crippen LogP contribution in [0, 0.1) is 28.8 Å². The van der Waals surface area contributed by atoms with E-state index in [1.54, 1.807) is 0 Å². The zero-order chi connectivity index (χ0) is 14.9. The summed E-state index contributed by atoms with van der Waals surface area (Å²) in [5, 5.41) is 8.61. The van der Waals surface area contributed by atoms with Gasteiger partial charge in [0.2, 0.25) is 0 Å². The fourth-order valence-electron chi connectivity index (χ4n) is 1.75. The van der Waals surface area contributed by atoms with Crippen molar-refractivity contribution in [3.63, 3.8) is 0 Å². The third-order valence-corrected chi connectivity index (χ3v) is 2.68. The van der Waals surface area contributed by atoms with Crippen molar-refractivity contribution in [3.05, 3.63) is 70.5 Å². The maximum atomic E-state index is 14.1. The molecule has 0 aliphatic carbocycles. The SMILES string of the molecule is N#Cc1cccc(C(F)(F)c2cc(F)cc(F)c2)c1F. The Labute approximate surface area is 110 Å². The van der Waals surface area contributed by atoms with Crippen LogP contribution in [0.5, 0.6) is 0 Å². The van der Waals surface area contributed by atoms with E-state index in [9.17, 15) is 22.0 Å². The van der Waals surface area contributed by atoms with Crippen molar-refractivity contribution in [2.75, 3.05) is 0 Å². The lowest BCUT2D eigenvalue weighted by molar-refractivity contribution is 0.0381. The monoisotopic (exact) mass is 283 g/mol. The Morgan fingerprint density at radius 1 is 0.950 bits per heavy atom. The first-order valence-corrected chi connectivity index (χ1v) is 5.39. The van der Waals surface area contributed by atoms with Crippen LogP contribution in [0.25, 0.3) is 0 Å². The molecule has 1 nitrogen and oxygen atoms in total. The highest BCUT2D eigenvalue weighted by atomic mass is 19.3. The van der Waals surface area contributed by atoms with Crippen molar-refractivity contribution in [2.24, 2.45) is 0 Å². The average Bonchev–Trinajstić information content (AvgIpc) is 2.37. The Balaban J connectivity index is 2.63. The van der Waals surface area contributed by atoms with Crippen LogP contribution in [0.1, 0.15) is 16.7 Å². The Morgan fingerprint density at radius 3 is 2.10 bits per heavy atom. The Kier molecular flexibility index (Phi) is 3.45. The zero-order valence-corrected chi connectivity index (χ0v) is 9.80. The summed E-state index contributed by atoms with van der Waals surface area (Å²) in [6.45, 7) is 0.